The Labute approximate surface area is 227 Å². The van der Waals surface area contributed by atoms with Gasteiger partial charge in [-0.15, -0.1) is 0 Å². The van der Waals surface area contributed by atoms with Gasteiger partial charge < -0.3 is 38.3 Å². The number of fused-ring (bicyclic) bond motifs is 3. The number of methoxy groups -OCH3 is 3. The molecule has 3 aromatic carbocycles. The maximum Gasteiger partial charge on any atom is 0.343 e. The molecule has 2 N–H and O–H groups in total. The minimum atomic E-state index is -0.687. The number of hydrogen-bond donors (Lipinski definition) is 2. The van der Waals surface area contributed by atoms with Gasteiger partial charge >= 0.3 is 11.9 Å². The van der Waals surface area contributed by atoms with Crippen molar-refractivity contribution >= 4 is 22.9 Å². The Balaban J connectivity index is 1.70. The van der Waals surface area contributed by atoms with Gasteiger partial charge in [-0.25, -0.2) is 4.79 Å². The van der Waals surface area contributed by atoms with E-state index in [1.54, 1.807) is 24.3 Å². The average Bonchev–Trinajstić information content (AvgIpc) is 2.94. The fraction of sp³-hybridized carbons (Fsp3) is 0.207. The van der Waals surface area contributed by atoms with Gasteiger partial charge in [-0.1, -0.05) is 6.07 Å². The van der Waals surface area contributed by atoms with Crippen LogP contribution >= 0.6 is 0 Å². The quantitative estimate of drug-likeness (QED) is 0.256. The lowest BCUT2D eigenvalue weighted by Gasteiger charge is -2.26. The number of aromatic hydroxyl groups is 2. The number of carbonyl (C=O) groups excluding carboxylic acids is 2. The second kappa shape index (κ2) is 10.5. The number of carbonyl (C=O) groups is 2. The molecule has 0 radical (unpaired) electrons. The molecule has 0 saturated carbocycles. The van der Waals surface area contributed by atoms with Crippen molar-refractivity contribution in [3.8, 4) is 45.8 Å². The summed E-state index contributed by atoms with van der Waals surface area (Å²) in [6.45, 7) is -0.372. The first-order valence-corrected chi connectivity index (χ1v) is 12.0. The maximum atomic E-state index is 13.2. The van der Waals surface area contributed by atoms with Crippen LogP contribution in [0.5, 0.6) is 34.5 Å². The van der Waals surface area contributed by atoms with Crippen molar-refractivity contribution in [2.75, 3.05) is 27.9 Å². The van der Waals surface area contributed by atoms with Crippen LogP contribution in [0.3, 0.4) is 0 Å². The summed E-state index contributed by atoms with van der Waals surface area (Å²) in [5.74, 6) is -1.50. The van der Waals surface area contributed by atoms with E-state index >= 15 is 0 Å². The molecule has 206 valence electrons. The predicted octanol–water partition coefficient (Wildman–Crippen LogP) is 3.88. The number of phenolic OH excluding ortho intramolecular Hbond substituents is 2. The highest BCUT2D eigenvalue weighted by Gasteiger charge is 2.34. The second-order valence-electron chi connectivity index (χ2n) is 8.88. The Morgan fingerprint density at radius 1 is 0.925 bits per heavy atom. The maximum absolute atomic E-state index is 13.2. The summed E-state index contributed by atoms with van der Waals surface area (Å²) in [7, 11) is 4.09. The molecule has 5 rings (SSSR count). The Morgan fingerprint density at radius 2 is 1.68 bits per heavy atom. The first-order chi connectivity index (χ1) is 19.2. The van der Waals surface area contributed by atoms with Crippen LogP contribution in [0.1, 0.15) is 23.5 Å². The minimum Gasteiger partial charge on any atom is -0.507 e. The summed E-state index contributed by atoms with van der Waals surface area (Å²) in [4.78, 5) is 37.5. The summed E-state index contributed by atoms with van der Waals surface area (Å²) in [5.41, 5.74) is 0.771. The van der Waals surface area contributed by atoms with Gasteiger partial charge in [0, 0.05) is 29.2 Å². The van der Waals surface area contributed by atoms with E-state index in [1.165, 1.54) is 45.6 Å². The molecule has 1 atom stereocenters. The van der Waals surface area contributed by atoms with Crippen molar-refractivity contribution in [3.63, 3.8) is 0 Å². The van der Waals surface area contributed by atoms with Crippen molar-refractivity contribution in [1.82, 2.24) is 0 Å². The van der Waals surface area contributed by atoms with Crippen molar-refractivity contribution in [2.24, 2.45) is 0 Å². The molecule has 0 bridgehead atoms. The van der Waals surface area contributed by atoms with Gasteiger partial charge in [0.2, 0.25) is 0 Å². The number of hydrogen-bond acceptors (Lipinski definition) is 11. The van der Waals surface area contributed by atoms with E-state index in [4.69, 9.17) is 23.4 Å². The summed E-state index contributed by atoms with van der Waals surface area (Å²) in [5, 5.41) is 20.9. The van der Waals surface area contributed by atoms with Crippen LogP contribution in [0.4, 0.5) is 0 Å². The molecular formula is C29H24O11. The lowest BCUT2D eigenvalue weighted by Crippen LogP contribution is -2.22. The molecule has 40 heavy (non-hydrogen) atoms. The molecule has 0 fully saturated rings. The Hall–Kier alpha value is -5.19. The fourth-order valence-corrected chi connectivity index (χ4v) is 4.65. The van der Waals surface area contributed by atoms with Gasteiger partial charge in [0.05, 0.1) is 27.8 Å². The molecule has 1 aliphatic rings. The topological polar surface area (TPSA) is 151 Å². The molecule has 1 aliphatic heterocycles. The van der Waals surface area contributed by atoms with E-state index in [0.717, 1.165) is 0 Å². The molecule has 4 aromatic rings. The zero-order valence-corrected chi connectivity index (χ0v) is 21.7. The number of ether oxygens (including phenoxy) is 5. The minimum absolute atomic E-state index is 0.0122. The van der Waals surface area contributed by atoms with Crippen LogP contribution in [0.2, 0.25) is 0 Å². The summed E-state index contributed by atoms with van der Waals surface area (Å²) in [6, 6.07) is 11.8. The van der Waals surface area contributed by atoms with Crippen LogP contribution in [0, 0.1) is 0 Å². The van der Waals surface area contributed by atoms with E-state index in [1.807, 2.05) is 0 Å². The highest BCUT2D eigenvalue weighted by molar-refractivity contribution is 5.93. The van der Waals surface area contributed by atoms with Gasteiger partial charge in [0.1, 0.15) is 28.2 Å². The summed E-state index contributed by atoms with van der Waals surface area (Å²) >= 11 is 0. The van der Waals surface area contributed by atoms with Gasteiger partial charge in [-0.05, 0) is 35.9 Å². The Bertz CT molecular complexity index is 1700. The van der Waals surface area contributed by atoms with E-state index in [-0.39, 0.29) is 52.8 Å². The highest BCUT2D eigenvalue weighted by Crippen LogP contribution is 2.47. The van der Waals surface area contributed by atoms with Crippen molar-refractivity contribution in [2.45, 2.75) is 12.3 Å². The zero-order chi connectivity index (χ0) is 28.6. The number of rotatable bonds is 7. The Kier molecular flexibility index (Phi) is 6.95. The normalized spacial score (nSPS) is 14.3. The van der Waals surface area contributed by atoms with Gasteiger partial charge in [0.15, 0.2) is 35.0 Å². The molecule has 0 aliphatic carbocycles. The molecule has 0 spiro atoms. The van der Waals surface area contributed by atoms with E-state index in [9.17, 15) is 24.6 Å². The van der Waals surface area contributed by atoms with Crippen LogP contribution in [0.15, 0.2) is 57.7 Å². The molecule has 0 amide bonds. The van der Waals surface area contributed by atoms with Gasteiger partial charge in [0.25, 0.3) is 0 Å². The standard InChI is InChI=1S/C29H24O11/c1-35-20-6-5-15(8-17(20)30)22-11-18(31)28-19(32)12-24-27(29(28)40-22)16(10-25(33)39-24)14-4-7-21(36-2)23(9-14)38-13-26(34)37-3/h4-9,11-12,16,30,32H,10,13H2,1-3H3/t16-/m0/s1. The monoisotopic (exact) mass is 548 g/mol. The molecule has 0 saturated heterocycles. The fourth-order valence-electron chi connectivity index (χ4n) is 4.65. The number of esters is 2. The highest BCUT2D eigenvalue weighted by atomic mass is 16.6. The zero-order valence-electron chi connectivity index (χ0n) is 21.7. The third kappa shape index (κ3) is 4.73. The molecule has 11 nitrogen and oxygen atoms in total. The van der Waals surface area contributed by atoms with Crippen LogP contribution in [0.25, 0.3) is 22.3 Å². The number of phenols is 2. The molecule has 11 heteroatoms. The summed E-state index contributed by atoms with van der Waals surface area (Å²) < 4.78 is 32.3. The molecule has 1 aromatic heterocycles. The SMILES string of the molecule is COC(=O)COc1cc([C@@H]2CC(=O)Oc3cc(O)c4c(=O)cc(-c5ccc(OC)c(O)c5)oc4c32)ccc1OC. The predicted molar refractivity (Wildman–Crippen MR) is 140 cm³/mol. The van der Waals surface area contributed by atoms with Gasteiger partial charge in [-0.2, -0.15) is 0 Å². The van der Waals surface area contributed by atoms with E-state index in [2.05, 4.69) is 4.74 Å². The molecular weight excluding hydrogens is 524 g/mol. The summed E-state index contributed by atoms with van der Waals surface area (Å²) in [6.07, 6.45) is -0.118. The van der Waals surface area contributed by atoms with E-state index < -0.39 is 29.0 Å². The second-order valence-corrected chi connectivity index (χ2v) is 8.88. The lowest BCUT2D eigenvalue weighted by molar-refractivity contribution is -0.143. The molecule has 2 heterocycles. The van der Waals surface area contributed by atoms with Crippen LogP contribution in [-0.2, 0) is 14.3 Å². The molecule has 0 unspecified atom stereocenters. The van der Waals surface area contributed by atoms with Crippen LogP contribution < -0.4 is 24.4 Å². The lowest BCUT2D eigenvalue weighted by atomic mass is 9.85. The van der Waals surface area contributed by atoms with E-state index in [0.29, 0.717) is 22.4 Å². The average molecular weight is 549 g/mol. The van der Waals surface area contributed by atoms with Crippen LogP contribution in [-0.4, -0.2) is 50.1 Å². The number of benzene rings is 3. The van der Waals surface area contributed by atoms with Gasteiger partial charge in [-0.3, -0.25) is 9.59 Å². The van der Waals surface area contributed by atoms with Crippen molar-refractivity contribution in [3.05, 3.63) is 69.9 Å². The first-order valence-electron chi connectivity index (χ1n) is 12.0. The first kappa shape index (κ1) is 26.4. The third-order valence-electron chi connectivity index (χ3n) is 6.55. The van der Waals surface area contributed by atoms with Crippen molar-refractivity contribution < 1.29 is 47.9 Å². The third-order valence-corrected chi connectivity index (χ3v) is 6.55. The largest absolute Gasteiger partial charge is 0.507 e. The van der Waals surface area contributed by atoms with Crippen molar-refractivity contribution in [1.29, 1.82) is 0 Å². The Morgan fingerprint density at radius 3 is 2.38 bits per heavy atom. The smallest absolute Gasteiger partial charge is 0.343 e.